The molecule has 2 aromatic rings. The quantitative estimate of drug-likeness (QED) is 0.221. The zero-order chi connectivity index (χ0) is 29.3. The average Bonchev–Trinajstić information content (AvgIpc) is 3.02. The van der Waals surface area contributed by atoms with Gasteiger partial charge in [-0.3, -0.25) is 0 Å². The van der Waals surface area contributed by atoms with Crippen molar-refractivity contribution < 1.29 is 8.78 Å². The molecular formula is C40H56F2. The highest BCUT2D eigenvalue weighted by molar-refractivity contribution is 5.67. The van der Waals surface area contributed by atoms with E-state index in [9.17, 15) is 0 Å². The van der Waals surface area contributed by atoms with Crippen molar-refractivity contribution in [2.75, 3.05) is 0 Å². The molecule has 1 unspecified atom stereocenters. The van der Waals surface area contributed by atoms with Crippen LogP contribution in [0.3, 0.4) is 0 Å². The van der Waals surface area contributed by atoms with Crippen LogP contribution in [0.1, 0.15) is 176 Å². The molecule has 5 rings (SSSR count). The fourth-order valence-electron chi connectivity index (χ4n) is 8.46. The first-order valence-corrected chi connectivity index (χ1v) is 17.8. The van der Waals surface area contributed by atoms with Crippen LogP contribution in [-0.4, -0.2) is 0 Å². The molecule has 0 heterocycles. The SMILES string of the molecule is CCCCCC1CC=C(c2ccc(C3CCC(c4ccc(C5CCC(CCCCC)CC5)cc4F)CC3)cc2F)CC1. The van der Waals surface area contributed by atoms with E-state index >= 15 is 8.78 Å². The topological polar surface area (TPSA) is 0 Å². The molecule has 3 aliphatic rings. The van der Waals surface area contributed by atoms with E-state index in [0.717, 1.165) is 67.1 Å². The first-order chi connectivity index (χ1) is 20.6. The van der Waals surface area contributed by atoms with Crippen LogP contribution in [0, 0.1) is 23.5 Å². The van der Waals surface area contributed by atoms with Crippen LogP contribution in [-0.2, 0) is 0 Å². The van der Waals surface area contributed by atoms with Crippen LogP contribution < -0.4 is 0 Å². The molecule has 2 heteroatoms. The summed E-state index contributed by atoms with van der Waals surface area (Å²) >= 11 is 0. The predicted molar refractivity (Wildman–Crippen MR) is 175 cm³/mol. The third-order valence-electron chi connectivity index (χ3n) is 11.3. The summed E-state index contributed by atoms with van der Waals surface area (Å²) in [6, 6.07) is 12.2. The minimum atomic E-state index is -0.0538. The highest BCUT2D eigenvalue weighted by atomic mass is 19.1. The number of unbranched alkanes of at least 4 members (excludes halogenated alkanes) is 4. The highest BCUT2D eigenvalue weighted by Gasteiger charge is 2.28. The monoisotopic (exact) mass is 574 g/mol. The number of hydrogen-bond donors (Lipinski definition) is 0. The number of benzene rings is 2. The van der Waals surface area contributed by atoms with Crippen molar-refractivity contribution in [2.45, 2.75) is 154 Å². The van der Waals surface area contributed by atoms with Crippen LogP contribution in [0.15, 0.2) is 42.5 Å². The minimum Gasteiger partial charge on any atom is -0.207 e. The lowest BCUT2D eigenvalue weighted by Crippen LogP contribution is -2.15. The molecule has 0 bridgehead atoms. The smallest absolute Gasteiger partial charge is 0.130 e. The minimum absolute atomic E-state index is 0.00442. The van der Waals surface area contributed by atoms with Gasteiger partial charge in [0, 0.05) is 5.56 Å². The van der Waals surface area contributed by atoms with Gasteiger partial charge in [0.1, 0.15) is 11.6 Å². The standard InChI is InChI=1S/C40H56F2/c1-3-5-7-9-29-11-15-31(16-12-29)35-23-26-38(40(42)27-35)34-21-19-32(20-22-34)36-24-25-37(39(41)28-36)33-17-13-30(14-18-33)10-8-6-4-2/h17,23-32,34H,3-16,18-22H2,1-2H3. The molecule has 0 amide bonds. The molecule has 230 valence electrons. The van der Waals surface area contributed by atoms with Gasteiger partial charge >= 0.3 is 0 Å². The van der Waals surface area contributed by atoms with Gasteiger partial charge in [0.15, 0.2) is 0 Å². The van der Waals surface area contributed by atoms with E-state index in [1.807, 2.05) is 18.2 Å². The van der Waals surface area contributed by atoms with E-state index in [1.165, 1.54) is 94.6 Å². The number of hydrogen-bond acceptors (Lipinski definition) is 0. The van der Waals surface area contributed by atoms with Gasteiger partial charge < -0.3 is 0 Å². The molecule has 0 aromatic heterocycles. The summed E-state index contributed by atoms with van der Waals surface area (Å²) in [4.78, 5) is 0. The van der Waals surface area contributed by atoms with Crippen LogP contribution in [0.5, 0.6) is 0 Å². The highest BCUT2D eigenvalue weighted by Crippen LogP contribution is 2.44. The van der Waals surface area contributed by atoms with Gasteiger partial charge in [0.25, 0.3) is 0 Å². The molecule has 2 fully saturated rings. The number of allylic oxidation sites excluding steroid dienone is 2. The molecule has 0 aliphatic heterocycles. The van der Waals surface area contributed by atoms with E-state index in [2.05, 4.69) is 38.1 Å². The summed E-state index contributed by atoms with van der Waals surface area (Å²) < 4.78 is 30.7. The first kappa shape index (κ1) is 31.5. The van der Waals surface area contributed by atoms with E-state index in [-0.39, 0.29) is 17.6 Å². The molecule has 2 aromatic carbocycles. The molecule has 0 N–H and O–H groups in total. The summed E-state index contributed by atoms with van der Waals surface area (Å²) in [5.74, 6) is 2.80. The Morgan fingerprint density at radius 3 is 1.74 bits per heavy atom. The first-order valence-electron chi connectivity index (χ1n) is 17.8. The van der Waals surface area contributed by atoms with Gasteiger partial charge in [-0.05, 0) is 135 Å². The molecule has 2 saturated carbocycles. The van der Waals surface area contributed by atoms with Crippen molar-refractivity contribution in [2.24, 2.45) is 11.8 Å². The van der Waals surface area contributed by atoms with Crippen molar-refractivity contribution in [1.82, 2.24) is 0 Å². The maximum absolute atomic E-state index is 15.4. The molecule has 42 heavy (non-hydrogen) atoms. The normalized spacial score (nSPS) is 26.7. The Bertz CT molecular complexity index is 1150. The van der Waals surface area contributed by atoms with Gasteiger partial charge in [-0.2, -0.15) is 0 Å². The maximum Gasteiger partial charge on any atom is 0.130 e. The lowest BCUT2D eigenvalue weighted by Gasteiger charge is -2.31. The van der Waals surface area contributed by atoms with Crippen LogP contribution in [0.4, 0.5) is 8.78 Å². The maximum atomic E-state index is 15.4. The molecule has 1 atom stereocenters. The summed E-state index contributed by atoms with van der Waals surface area (Å²) in [5, 5.41) is 0. The van der Waals surface area contributed by atoms with Crippen LogP contribution in [0.2, 0.25) is 0 Å². The fraction of sp³-hybridized carbons (Fsp3) is 0.650. The van der Waals surface area contributed by atoms with Crippen molar-refractivity contribution >= 4 is 5.57 Å². The second kappa shape index (κ2) is 15.7. The Kier molecular flexibility index (Phi) is 11.7. The third kappa shape index (κ3) is 8.15. The van der Waals surface area contributed by atoms with Gasteiger partial charge in [0.2, 0.25) is 0 Å². The lowest BCUT2D eigenvalue weighted by molar-refractivity contribution is 0.302. The molecule has 0 spiro atoms. The summed E-state index contributed by atoms with van der Waals surface area (Å²) in [6.07, 6.45) is 25.3. The molecule has 3 aliphatic carbocycles. The van der Waals surface area contributed by atoms with Crippen molar-refractivity contribution in [1.29, 1.82) is 0 Å². The van der Waals surface area contributed by atoms with Gasteiger partial charge in [-0.25, -0.2) is 8.78 Å². The van der Waals surface area contributed by atoms with Crippen molar-refractivity contribution in [3.8, 4) is 0 Å². The van der Waals surface area contributed by atoms with Crippen molar-refractivity contribution in [3.63, 3.8) is 0 Å². The average molecular weight is 575 g/mol. The Morgan fingerprint density at radius 2 is 1.17 bits per heavy atom. The molecule has 0 nitrogen and oxygen atoms in total. The largest absolute Gasteiger partial charge is 0.207 e. The summed E-state index contributed by atoms with van der Waals surface area (Å²) in [7, 11) is 0. The molecule has 0 saturated heterocycles. The van der Waals surface area contributed by atoms with Gasteiger partial charge in [-0.1, -0.05) is 95.6 Å². The number of rotatable bonds is 12. The van der Waals surface area contributed by atoms with Gasteiger partial charge in [0.05, 0.1) is 0 Å². The van der Waals surface area contributed by atoms with E-state index in [4.69, 9.17) is 0 Å². The molecular weight excluding hydrogens is 518 g/mol. The van der Waals surface area contributed by atoms with E-state index in [1.54, 1.807) is 0 Å². The zero-order valence-electron chi connectivity index (χ0n) is 26.6. The van der Waals surface area contributed by atoms with Crippen LogP contribution >= 0.6 is 0 Å². The molecule has 0 radical (unpaired) electrons. The Balaban J connectivity index is 1.12. The second-order valence-corrected chi connectivity index (χ2v) is 14.1. The summed E-state index contributed by atoms with van der Waals surface area (Å²) in [6.45, 7) is 4.54. The van der Waals surface area contributed by atoms with E-state index < -0.39 is 0 Å². The van der Waals surface area contributed by atoms with E-state index in [0.29, 0.717) is 11.8 Å². The Labute approximate surface area is 255 Å². The predicted octanol–water partition coefficient (Wildman–Crippen LogP) is 13.0. The van der Waals surface area contributed by atoms with Crippen LogP contribution in [0.25, 0.3) is 5.57 Å². The second-order valence-electron chi connectivity index (χ2n) is 14.1. The fourth-order valence-corrected chi connectivity index (χ4v) is 8.46. The summed E-state index contributed by atoms with van der Waals surface area (Å²) in [5.41, 5.74) is 5.27. The lowest BCUT2D eigenvalue weighted by atomic mass is 9.74. The Morgan fingerprint density at radius 1 is 0.595 bits per heavy atom. The zero-order valence-corrected chi connectivity index (χ0v) is 26.6. The third-order valence-corrected chi connectivity index (χ3v) is 11.3. The van der Waals surface area contributed by atoms with Crippen molar-refractivity contribution in [3.05, 3.63) is 76.4 Å². The number of halogens is 2. The Hall–Kier alpha value is -1.96. The van der Waals surface area contributed by atoms with Gasteiger partial charge in [-0.15, -0.1) is 0 Å².